The number of amides is 2. The van der Waals surface area contributed by atoms with Crippen LogP contribution in [-0.2, 0) is 4.79 Å². The van der Waals surface area contributed by atoms with E-state index < -0.39 is 6.09 Å². The quantitative estimate of drug-likeness (QED) is 0.825. The molecule has 5 nitrogen and oxygen atoms in total. The molecule has 0 bridgehead atoms. The Morgan fingerprint density at radius 2 is 1.84 bits per heavy atom. The maximum absolute atomic E-state index is 11.4. The van der Waals surface area contributed by atoms with Crippen LogP contribution in [0.2, 0.25) is 0 Å². The Bertz CT molecular complexity index is 404. The summed E-state index contributed by atoms with van der Waals surface area (Å²) in [5, 5.41) is 5.30. The summed E-state index contributed by atoms with van der Waals surface area (Å²) in [6, 6.07) is 8.78. The fraction of sp³-hybridized carbons (Fsp3) is 0.429. The number of carbonyl (C=O) groups is 2. The first-order chi connectivity index (χ1) is 9.08. The van der Waals surface area contributed by atoms with Crippen LogP contribution in [0.3, 0.4) is 0 Å². The van der Waals surface area contributed by atoms with Crippen LogP contribution in [0, 0.1) is 5.92 Å². The minimum atomic E-state index is -0.553. The molecule has 5 heteroatoms. The zero-order chi connectivity index (χ0) is 14.1. The lowest BCUT2D eigenvalue weighted by atomic mass is 10.2. The van der Waals surface area contributed by atoms with Crippen molar-refractivity contribution < 1.29 is 14.3 Å². The summed E-state index contributed by atoms with van der Waals surface area (Å²) in [7, 11) is 0. The van der Waals surface area contributed by atoms with Crippen LogP contribution >= 0.6 is 0 Å². The molecule has 0 saturated heterocycles. The fourth-order valence-electron chi connectivity index (χ4n) is 1.32. The van der Waals surface area contributed by atoms with E-state index in [0.29, 0.717) is 18.2 Å². The van der Waals surface area contributed by atoms with E-state index in [1.807, 2.05) is 19.9 Å². The monoisotopic (exact) mass is 264 g/mol. The highest BCUT2D eigenvalue weighted by molar-refractivity contribution is 5.77. The largest absolute Gasteiger partial charge is 0.412 e. The molecule has 0 atom stereocenters. The number of benzene rings is 1. The molecule has 1 aromatic carbocycles. The van der Waals surface area contributed by atoms with Gasteiger partial charge in [0.15, 0.2) is 0 Å². The SMILES string of the molecule is CC(C)CNC(=O)CCNC(=O)Oc1ccccc1. The number of carbonyl (C=O) groups excluding carboxylic acids is 2. The van der Waals surface area contributed by atoms with E-state index in [0.717, 1.165) is 0 Å². The van der Waals surface area contributed by atoms with Gasteiger partial charge < -0.3 is 15.4 Å². The molecule has 0 radical (unpaired) electrons. The van der Waals surface area contributed by atoms with E-state index in [1.165, 1.54) is 0 Å². The van der Waals surface area contributed by atoms with Crippen LogP contribution in [0.15, 0.2) is 30.3 Å². The highest BCUT2D eigenvalue weighted by Gasteiger charge is 2.06. The highest BCUT2D eigenvalue weighted by atomic mass is 16.6. The molecule has 1 aromatic rings. The number of para-hydroxylation sites is 1. The Hall–Kier alpha value is -2.04. The van der Waals surface area contributed by atoms with Gasteiger partial charge in [-0.1, -0.05) is 32.0 Å². The average molecular weight is 264 g/mol. The molecule has 0 unspecified atom stereocenters. The van der Waals surface area contributed by atoms with Crippen molar-refractivity contribution in [3.63, 3.8) is 0 Å². The summed E-state index contributed by atoms with van der Waals surface area (Å²) in [4.78, 5) is 22.8. The standard InChI is InChI=1S/C14H20N2O3/c1-11(2)10-16-13(17)8-9-15-14(18)19-12-6-4-3-5-7-12/h3-7,11H,8-10H2,1-2H3,(H,15,18)(H,16,17). The van der Waals surface area contributed by atoms with Crippen molar-refractivity contribution in [2.75, 3.05) is 13.1 Å². The van der Waals surface area contributed by atoms with Gasteiger partial charge in [0, 0.05) is 19.5 Å². The van der Waals surface area contributed by atoms with Crippen LogP contribution in [0.5, 0.6) is 5.75 Å². The lowest BCUT2D eigenvalue weighted by Crippen LogP contribution is -2.33. The Balaban J connectivity index is 2.15. The Labute approximate surface area is 113 Å². The second-order valence-corrected chi connectivity index (χ2v) is 4.58. The number of hydrogen-bond acceptors (Lipinski definition) is 3. The molecule has 19 heavy (non-hydrogen) atoms. The van der Waals surface area contributed by atoms with E-state index in [-0.39, 0.29) is 18.9 Å². The van der Waals surface area contributed by atoms with Gasteiger partial charge >= 0.3 is 6.09 Å². The molecule has 0 aliphatic carbocycles. The third kappa shape index (κ3) is 7.08. The van der Waals surface area contributed by atoms with Gasteiger partial charge in [-0.05, 0) is 18.1 Å². The first-order valence-electron chi connectivity index (χ1n) is 6.35. The molecule has 1 rings (SSSR count). The van der Waals surface area contributed by atoms with Crippen LogP contribution < -0.4 is 15.4 Å². The lowest BCUT2D eigenvalue weighted by molar-refractivity contribution is -0.121. The normalized spacial score (nSPS) is 10.1. The zero-order valence-corrected chi connectivity index (χ0v) is 11.3. The number of rotatable bonds is 6. The second kappa shape index (κ2) is 8.13. The summed E-state index contributed by atoms with van der Waals surface area (Å²) in [6.45, 7) is 4.95. The summed E-state index contributed by atoms with van der Waals surface area (Å²) in [6.07, 6.45) is -0.306. The average Bonchev–Trinajstić information content (AvgIpc) is 2.37. The summed E-state index contributed by atoms with van der Waals surface area (Å²) < 4.78 is 5.01. The van der Waals surface area contributed by atoms with Gasteiger partial charge in [0.25, 0.3) is 0 Å². The molecular weight excluding hydrogens is 244 g/mol. The van der Waals surface area contributed by atoms with Crippen molar-refractivity contribution in [1.82, 2.24) is 10.6 Å². The van der Waals surface area contributed by atoms with Gasteiger partial charge in [-0.15, -0.1) is 0 Å². The van der Waals surface area contributed by atoms with Crippen molar-refractivity contribution in [1.29, 1.82) is 0 Å². The minimum Gasteiger partial charge on any atom is -0.410 e. The first kappa shape index (κ1) is 15.0. The second-order valence-electron chi connectivity index (χ2n) is 4.58. The highest BCUT2D eigenvalue weighted by Crippen LogP contribution is 2.07. The molecule has 0 spiro atoms. The third-order valence-electron chi connectivity index (χ3n) is 2.28. The van der Waals surface area contributed by atoms with E-state index in [2.05, 4.69) is 10.6 Å². The van der Waals surface area contributed by atoms with Crippen molar-refractivity contribution in [3.05, 3.63) is 30.3 Å². The summed E-state index contributed by atoms with van der Waals surface area (Å²) in [5.74, 6) is 0.818. The molecule has 0 heterocycles. The maximum Gasteiger partial charge on any atom is 0.412 e. The summed E-state index contributed by atoms with van der Waals surface area (Å²) in [5.41, 5.74) is 0. The van der Waals surface area contributed by atoms with Gasteiger partial charge in [0.05, 0.1) is 0 Å². The maximum atomic E-state index is 11.4. The van der Waals surface area contributed by atoms with E-state index in [9.17, 15) is 9.59 Å². The van der Waals surface area contributed by atoms with Gasteiger partial charge in [0.1, 0.15) is 5.75 Å². The van der Waals surface area contributed by atoms with Gasteiger partial charge in [-0.3, -0.25) is 4.79 Å². The van der Waals surface area contributed by atoms with Crippen molar-refractivity contribution >= 4 is 12.0 Å². The fourth-order valence-corrected chi connectivity index (χ4v) is 1.32. The predicted octanol–water partition coefficient (Wildman–Crippen LogP) is 1.94. The Morgan fingerprint density at radius 1 is 1.16 bits per heavy atom. The molecule has 0 fully saturated rings. The number of hydrogen-bond donors (Lipinski definition) is 2. The lowest BCUT2D eigenvalue weighted by Gasteiger charge is -2.08. The number of ether oxygens (including phenoxy) is 1. The molecule has 104 valence electrons. The molecule has 2 N–H and O–H groups in total. The molecule has 0 aromatic heterocycles. The van der Waals surface area contributed by atoms with E-state index in [4.69, 9.17) is 4.74 Å². The Kier molecular flexibility index (Phi) is 6.43. The molecule has 0 saturated carbocycles. The molecule has 0 aliphatic rings. The summed E-state index contributed by atoms with van der Waals surface area (Å²) >= 11 is 0. The molecule has 2 amide bonds. The molecular formula is C14H20N2O3. The van der Waals surface area contributed by atoms with E-state index in [1.54, 1.807) is 24.3 Å². The van der Waals surface area contributed by atoms with Gasteiger partial charge in [0.2, 0.25) is 5.91 Å². The first-order valence-corrected chi connectivity index (χ1v) is 6.35. The van der Waals surface area contributed by atoms with Crippen molar-refractivity contribution in [3.8, 4) is 5.75 Å². The van der Waals surface area contributed by atoms with Gasteiger partial charge in [-0.2, -0.15) is 0 Å². The van der Waals surface area contributed by atoms with E-state index >= 15 is 0 Å². The molecule has 0 aliphatic heterocycles. The Morgan fingerprint density at radius 3 is 2.47 bits per heavy atom. The predicted molar refractivity (Wildman–Crippen MR) is 72.9 cm³/mol. The minimum absolute atomic E-state index is 0.0753. The van der Waals surface area contributed by atoms with Crippen LogP contribution in [0.4, 0.5) is 4.79 Å². The zero-order valence-electron chi connectivity index (χ0n) is 11.3. The third-order valence-corrected chi connectivity index (χ3v) is 2.28. The van der Waals surface area contributed by atoms with Crippen LogP contribution in [-0.4, -0.2) is 25.1 Å². The smallest absolute Gasteiger partial charge is 0.410 e. The van der Waals surface area contributed by atoms with Crippen molar-refractivity contribution in [2.24, 2.45) is 5.92 Å². The van der Waals surface area contributed by atoms with Gasteiger partial charge in [-0.25, -0.2) is 4.79 Å². The van der Waals surface area contributed by atoms with Crippen LogP contribution in [0.1, 0.15) is 20.3 Å². The van der Waals surface area contributed by atoms with Crippen molar-refractivity contribution in [2.45, 2.75) is 20.3 Å². The van der Waals surface area contributed by atoms with Crippen LogP contribution in [0.25, 0.3) is 0 Å². The topological polar surface area (TPSA) is 67.4 Å². The number of nitrogens with one attached hydrogen (secondary N) is 2.